The van der Waals surface area contributed by atoms with Crippen LogP contribution in [0.3, 0.4) is 0 Å². The van der Waals surface area contributed by atoms with Crippen LogP contribution >= 0.6 is 15.9 Å². The predicted molar refractivity (Wildman–Crippen MR) is 79.1 cm³/mol. The Morgan fingerprint density at radius 1 is 1.25 bits per heavy atom. The first-order valence-electron chi connectivity index (χ1n) is 6.69. The van der Waals surface area contributed by atoms with Gasteiger partial charge in [0.1, 0.15) is 11.6 Å². The maximum absolute atomic E-state index is 14.3. The van der Waals surface area contributed by atoms with Crippen molar-refractivity contribution in [3.63, 3.8) is 0 Å². The van der Waals surface area contributed by atoms with Crippen molar-refractivity contribution in [1.29, 1.82) is 0 Å². The van der Waals surface area contributed by atoms with E-state index in [9.17, 15) is 4.39 Å². The molecule has 0 aliphatic carbocycles. The van der Waals surface area contributed by atoms with Crippen molar-refractivity contribution in [2.45, 2.75) is 6.04 Å². The Hall–Kier alpha value is -1.17. The topological polar surface area (TPSA) is 28.4 Å². The van der Waals surface area contributed by atoms with Crippen LogP contribution in [0.1, 0.15) is 17.4 Å². The molecule has 1 atom stereocenters. The molecule has 2 aromatic rings. The SMILES string of the molecule is Fc1cc(Br)ccc1[C@H](c1ccco1)N1CCNCC1. The molecule has 106 valence electrons. The van der Waals surface area contributed by atoms with Crippen LogP contribution in [0.15, 0.2) is 45.5 Å². The number of piperazine rings is 1. The second-order valence-corrected chi connectivity index (χ2v) is 5.79. The predicted octanol–water partition coefficient (Wildman–Crippen LogP) is 3.18. The molecular weight excluding hydrogens is 323 g/mol. The summed E-state index contributed by atoms with van der Waals surface area (Å²) in [5.41, 5.74) is 0.657. The lowest BCUT2D eigenvalue weighted by atomic mass is 10.0. The number of furan rings is 1. The quantitative estimate of drug-likeness (QED) is 0.931. The van der Waals surface area contributed by atoms with Gasteiger partial charge in [0.2, 0.25) is 0 Å². The summed E-state index contributed by atoms with van der Waals surface area (Å²) in [7, 11) is 0. The molecule has 1 aromatic heterocycles. The van der Waals surface area contributed by atoms with Crippen LogP contribution in [-0.4, -0.2) is 31.1 Å². The van der Waals surface area contributed by atoms with Gasteiger partial charge in [0, 0.05) is 36.2 Å². The van der Waals surface area contributed by atoms with E-state index in [1.54, 1.807) is 6.26 Å². The Morgan fingerprint density at radius 2 is 2.05 bits per heavy atom. The Labute approximate surface area is 125 Å². The van der Waals surface area contributed by atoms with Gasteiger partial charge in [-0.15, -0.1) is 0 Å². The van der Waals surface area contributed by atoms with E-state index in [1.807, 2.05) is 24.3 Å². The summed E-state index contributed by atoms with van der Waals surface area (Å²) in [4.78, 5) is 2.25. The molecular formula is C15H16BrFN2O. The van der Waals surface area contributed by atoms with E-state index in [4.69, 9.17) is 4.42 Å². The first-order chi connectivity index (χ1) is 9.75. The van der Waals surface area contributed by atoms with E-state index in [1.165, 1.54) is 6.07 Å². The van der Waals surface area contributed by atoms with Crippen LogP contribution in [0, 0.1) is 5.82 Å². The highest BCUT2D eigenvalue weighted by atomic mass is 79.9. The highest BCUT2D eigenvalue weighted by molar-refractivity contribution is 9.10. The third kappa shape index (κ3) is 2.80. The van der Waals surface area contributed by atoms with Gasteiger partial charge in [0.25, 0.3) is 0 Å². The van der Waals surface area contributed by atoms with E-state index >= 15 is 0 Å². The summed E-state index contributed by atoms with van der Waals surface area (Å²) < 4.78 is 20.6. The second-order valence-electron chi connectivity index (χ2n) is 4.87. The molecule has 1 saturated heterocycles. The normalized spacial score (nSPS) is 18.1. The van der Waals surface area contributed by atoms with Crippen molar-refractivity contribution >= 4 is 15.9 Å². The summed E-state index contributed by atoms with van der Waals surface area (Å²) in [5, 5.41) is 3.32. The van der Waals surface area contributed by atoms with Crippen LogP contribution in [0.5, 0.6) is 0 Å². The number of halogens is 2. The third-order valence-corrected chi connectivity index (χ3v) is 4.08. The number of nitrogens with one attached hydrogen (secondary N) is 1. The lowest BCUT2D eigenvalue weighted by Crippen LogP contribution is -2.45. The van der Waals surface area contributed by atoms with Gasteiger partial charge >= 0.3 is 0 Å². The minimum absolute atomic E-state index is 0.166. The standard InChI is InChI=1S/C15H16BrFN2O/c16-11-3-4-12(13(17)10-11)15(14-2-1-9-20-14)19-7-5-18-6-8-19/h1-4,9-10,15,18H,5-8H2/t15-/m1/s1. The molecule has 0 unspecified atom stereocenters. The van der Waals surface area contributed by atoms with E-state index in [0.29, 0.717) is 5.56 Å². The van der Waals surface area contributed by atoms with E-state index < -0.39 is 0 Å². The van der Waals surface area contributed by atoms with Crippen molar-refractivity contribution in [1.82, 2.24) is 10.2 Å². The van der Waals surface area contributed by atoms with E-state index in [-0.39, 0.29) is 11.9 Å². The van der Waals surface area contributed by atoms with Gasteiger partial charge in [-0.05, 0) is 24.3 Å². The van der Waals surface area contributed by atoms with Gasteiger partial charge in [-0.1, -0.05) is 22.0 Å². The smallest absolute Gasteiger partial charge is 0.129 e. The van der Waals surface area contributed by atoms with E-state index in [0.717, 1.165) is 36.4 Å². The lowest BCUT2D eigenvalue weighted by Gasteiger charge is -2.34. The summed E-state index contributed by atoms with van der Waals surface area (Å²) in [5.74, 6) is 0.576. The molecule has 0 saturated carbocycles. The van der Waals surface area contributed by atoms with Crippen molar-refractivity contribution in [3.05, 3.63) is 58.2 Å². The zero-order valence-electron chi connectivity index (χ0n) is 11.0. The average Bonchev–Trinajstić information content (AvgIpc) is 2.97. The minimum Gasteiger partial charge on any atom is -0.467 e. The number of hydrogen-bond acceptors (Lipinski definition) is 3. The van der Waals surface area contributed by atoms with E-state index in [2.05, 4.69) is 26.1 Å². The molecule has 1 aliphatic rings. The Bertz CT molecular complexity index is 567. The lowest BCUT2D eigenvalue weighted by molar-refractivity contribution is 0.177. The number of hydrogen-bond donors (Lipinski definition) is 1. The summed E-state index contributed by atoms with van der Waals surface area (Å²) in [6.07, 6.45) is 1.64. The average molecular weight is 339 g/mol. The molecule has 1 N–H and O–H groups in total. The van der Waals surface area contributed by atoms with Gasteiger partial charge in [0.15, 0.2) is 0 Å². The van der Waals surface area contributed by atoms with Crippen molar-refractivity contribution in [2.24, 2.45) is 0 Å². The Kier molecular flexibility index (Phi) is 4.19. The van der Waals surface area contributed by atoms with Crippen molar-refractivity contribution in [3.8, 4) is 0 Å². The number of nitrogens with zero attached hydrogens (tertiary/aromatic N) is 1. The number of benzene rings is 1. The van der Waals surface area contributed by atoms with Gasteiger partial charge in [-0.2, -0.15) is 0 Å². The number of rotatable bonds is 3. The highest BCUT2D eigenvalue weighted by Gasteiger charge is 2.28. The molecule has 2 heterocycles. The maximum atomic E-state index is 14.3. The molecule has 0 radical (unpaired) electrons. The summed E-state index contributed by atoms with van der Waals surface area (Å²) in [6.45, 7) is 3.58. The largest absolute Gasteiger partial charge is 0.467 e. The van der Waals surface area contributed by atoms with Crippen LogP contribution < -0.4 is 5.32 Å². The molecule has 0 bridgehead atoms. The van der Waals surface area contributed by atoms with Crippen LogP contribution in [0.4, 0.5) is 4.39 Å². The fraction of sp³-hybridized carbons (Fsp3) is 0.333. The molecule has 20 heavy (non-hydrogen) atoms. The molecule has 0 spiro atoms. The Morgan fingerprint density at radius 3 is 2.70 bits per heavy atom. The second kappa shape index (κ2) is 6.08. The Balaban J connectivity index is 2.00. The van der Waals surface area contributed by atoms with Crippen LogP contribution in [0.2, 0.25) is 0 Å². The van der Waals surface area contributed by atoms with Crippen molar-refractivity contribution in [2.75, 3.05) is 26.2 Å². The van der Waals surface area contributed by atoms with Crippen LogP contribution in [0.25, 0.3) is 0 Å². The fourth-order valence-electron chi connectivity index (χ4n) is 2.64. The molecule has 0 amide bonds. The minimum atomic E-state index is -0.209. The molecule has 3 nitrogen and oxygen atoms in total. The highest BCUT2D eigenvalue weighted by Crippen LogP contribution is 2.32. The van der Waals surface area contributed by atoms with Gasteiger partial charge in [0.05, 0.1) is 12.3 Å². The maximum Gasteiger partial charge on any atom is 0.129 e. The van der Waals surface area contributed by atoms with Gasteiger partial charge in [-0.3, -0.25) is 4.90 Å². The summed E-state index contributed by atoms with van der Waals surface area (Å²) in [6, 6.07) is 8.80. The van der Waals surface area contributed by atoms with Gasteiger partial charge < -0.3 is 9.73 Å². The monoisotopic (exact) mass is 338 g/mol. The molecule has 1 aromatic carbocycles. The molecule has 1 fully saturated rings. The van der Waals surface area contributed by atoms with Crippen LogP contribution in [-0.2, 0) is 0 Å². The molecule has 5 heteroatoms. The molecule has 1 aliphatic heterocycles. The zero-order valence-corrected chi connectivity index (χ0v) is 12.6. The van der Waals surface area contributed by atoms with Gasteiger partial charge in [-0.25, -0.2) is 4.39 Å². The van der Waals surface area contributed by atoms with Crippen molar-refractivity contribution < 1.29 is 8.81 Å². The third-order valence-electron chi connectivity index (χ3n) is 3.59. The molecule has 3 rings (SSSR count). The first-order valence-corrected chi connectivity index (χ1v) is 7.48. The first kappa shape index (κ1) is 13.8. The fourth-order valence-corrected chi connectivity index (χ4v) is 2.97. The zero-order chi connectivity index (χ0) is 13.9. The summed E-state index contributed by atoms with van der Waals surface area (Å²) >= 11 is 3.30.